The van der Waals surface area contributed by atoms with Crippen LogP contribution in [0.2, 0.25) is 0 Å². The van der Waals surface area contributed by atoms with Crippen LogP contribution in [0, 0.1) is 5.92 Å². The van der Waals surface area contributed by atoms with E-state index < -0.39 is 23.8 Å². The van der Waals surface area contributed by atoms with E-state index in [2.05, 4.69) is 11.9 Å². The highest BCUT2D eigenvalue weighted by atomic mass is 19.4. The van der Waals surface area contributed by atoms with E-state index in [1.807, 2.05) is 0 Å². The molecular formula is C7H10F3NO. The van der Waals surface area contributed by atoms with Gasteiger partial charge in [0.1, 0.15) is 0 Å². The molecule has 0 aromatic heterocycles. The van der Waals surface area contributed by atoms with E-state index in [1.165, 1.54) is 0 Å². The second-order valence-electron chi connectivity index (χ2n) is 2.86. The molecule has 70 valence electrons. The van der Waals surface area contributed by atoms with Gasteiger partial charge in [0, 0.05) is 24.6 Å². The van der Waals surface area contributed by atoms with Gasteiger partial charge in [0.15, 0.2) is 0 Å². The van der Waals surface area contributed by atoms with Crippen LogP contribution in [-0.4, -0.2) is 30.5 Å². The van der Waals surface area contributed by atoms with Crippen LogP contribution in [-0.2, 0) is 0 Å². The minimum Gasteiger partial charge on any atom is -0.391 e. The van der Waals surface area contributed by atoms with Crippen molar-refractivity contribution < 1.29 is 18.3 Å². The average molecular weight is 181 g/mol. The molecule has 12 heavy (non-hydrogen) atoms. The SMILES string of the molecule is C=C(C1CNCC1O)C(F)(F)F. The van der Waals surface area contributed by atoms with Gasteiger partial charge in [-0.05, 0) is 0 Å². The lowest BCUT2D eigenvalue weighted by atomic mass is 9.97. The molecular weight excluding hydrogens is 171 g/mol. The highest BCUT2D eigenvalue weighted by Gasteiger charge is 2.41. The molecule has 1 aliphatic rings. The van der Waals surface area contributed by atoms with Crippen LogP contribution >= 0.6 is 0 Å². The number of β-amino-alcohol motifs (C(OH)–C–C–N with tert-alkyl or cyclic N) is 1. The molecule has 0 amide bonds. The zero-order valence-corrected chi connectivity index (χ0v) is 6.36. The normalized spacial score (nSPS) is 30.7. The van der Waals surface area contributed by atoms with Gasteiger partial charge in [0.05, 0.1) is 6.10 Å². The fourth-order valence-electron chi connectivity index (χ4n) is 1.23. The van der Waals surface area contributed by atoms with E-state index in [1.54, 1.807) is 0 Å². The van der Waals surface area contributed by atoms with Gasteiger partial charge < -0.3 is 10.4 Å². The summed E-state index contributed by atoms with van der Waals surface area (Å²) in [5.74, 6) is -0.884. The van der Waals surface area contributed by atoms with Gasteiger partial charge in [0.25, 0.3) is 0 Å². The third-order valence-corrected chi connectivity index (χ3v) is 1.99. The molecule has 1 saturated heterocycles. The zero-order chi connectivity index (χ0) is 9.35. The Bertz CT molecular complexity index is 190. The Labute approximate surface area is 68.1 Å². The standard InChI is InChI=1S/C7H10F3NO/c1-4(7(8,9)10)5-2-11-3-6(5)12/h5-6,11-12H,1-3H2. The predicted molar refractivity (Wildman–Crippen MR) is 37.6 cm³/mol. The molecule has 0 aromatic carbocycles. The van der Waals surface area contributed by atoms with Gasteiger partial charge >= 0.3 is 6.18 Å². The second-order valence-corrected chi connectivity index (χ2v) is 2.86. The summed E-state index contributed by atoms with van der Waals surface area (Å²) in [7, 11) is 0. The Morgan fingerprint density at radius 2 is 2.00 bits per heavy atom. The molecule has 5 heteroatoms. The third kappa shape index (κ3) is 1.78. The maximum absolute atomic E-state index is 12.0. The summed E-state index contributed by atoms with van der Waals surface area (Å²) < 4.78 is 36.1. The number of hydrogen-bond acceptors (Lipinski definition) is 2. The van der Waals surface area contributed by atoms with Crippen LogP contribution in [0.25, 0.3) is 0 Å². The first-order valence-electron chi connectivity index (χ1n) is 3.57. The topological polar surface area (TPSA) is 32.3 Å². The van der Waals surface area contributed by atoms with E-state index >= 15 is 0 Å². The maximum atomic E-state index is 12.0. The van der Waals surface area contributed by atoms with Crippen LogP contribution < -0.4 is 5.32 Å². The van der Waals surface area contributed by atoms with Crippen LogP contribution in [0.15, 0.2) is 12.2 Å². The summed E-state index contributed by atoms with van der Waals surface area (Å²) in [6, 6.07) is 0. The lowest BCUT2D eigenvalue weighted by molar-refractivity contribution is -0.102. The van der Waals surface area contributed by atoms with Crippen molar-refractivity contribution in [1.29, 1.82) is 0 Å². The van der Waals surface area contributed by atoms with Crippen LogP contribution in [0.1, 0.15) is 0 Å². The highest BCUT2D eigenvalue weighted by molar-refractivity contribution is 5.12. The molecule has 0 aliphatic carbocycles. The van der Waals surface area contributed by atoms with Gasteiger partial charge in [-0.1, -0.05) is 6.58 Å². The minimum atomic E-state index is -4.39. The first-order chi connectivity index (χ1) is 5.43. The van der Waals surface area contributed by atoms with Gasteiger partial charge in [-0.25, -0.2) is 0 Å². The Hall–Kier alpha value is -0.550. The zero-order valence-electron chi connectivity index (χ0n) is 6.36. The number of hydrogen-bond donors (Lipinski definition) is 2. The van der Waals surface area contributed by atoms with E-state index in [9.17, 15) is 13.2 Å². The molecule has 2 nitrogen and oxygen atoms in total. The summed E-state index contributed by atoms with van der Waals surface area (Å²) in [6.07, 6.45) is -5.35. The summed E-state index contributed by atoms with van der Waals surface area (Å²) in [4.78, 5) is 0. The molecule has 1 fully saturated rings. The van der Waals surface area contributed by atoms with Crippen molar-refractivity contribution in [3.63, 3.8) is 0 Å². The fourth-order valence-corrected chi connectivity index (χ4v) is 1.23. The quantitative estimate of drug-likeness (QED) is 0.583. The lowest BCUT2D eigenvalue weighted by Gasteiger charge is -2.18. The van der Waals surface area contributed by atoms with E-state index in [0.29, 0.717) is 0 Å². The van der Waals surface area contributed by atoms with Crippen molar-refractivity contribution in [1.82, 2.24) is 5.32 Å². The Morgan fingerprint density at radius 3 is 2.33 bits per heavy atom. The molecule has 0 aromatic rings. The molecule has 1 aliphatic heterocycles. The molecule has 1 heterocycles. The Kier molecular flexibility index (Phi) is 2.44. The van der Waals surface area contributed by atoms with Crippen molar-refractivity contribution in [3.05, 3.63) is 12.2 Å². The summed E-state index contributed by atoms with van der Waals surface area (Å²) in [5, 5.41) is 11.8. The van der Waals surface area contributed by atoms with Crippen molar-refractivity contribution in [2.75, 3.05) is 13.1 Å². The number of alkyl halides is 3. The Morgan fingerprint density at radius 1 is 1.42 bits per heavy atom. The molecule has 1 rings (SSSR count). The largest absolute Gasteiger partial charge is 0.412 e. The van der Waals surface area contributed by atoms with Gasteiger partial charge in [-0.3, -0.25) is 0 Å². The fraction of sp³-hybridized carbons (Fsp3) is 0.714. The first-order valence-corrected chi connectivity index (χ1v) is 3.57. The smallest absolute Gasteiger partial charge is 0.391 e. The average Bonchev–Trinajstić information content (AvgIpc) is 2.31. The van der Waals surface area contributed by atoms with Crippen molar-refractivity contribution >= 4 is 0 Å². The second kappa shape index (κ2) is 3.06. The Balaban J connectivity index is 2.64. The highest BCUT2D eigenvalue weighted by Crippen LogP contribution is 2.32. The summed E-state index contributed by atoms with van der Waals surface area (Å²) >= 11 is 0. The number of nitrogens with one attached hydrogen (secondary N) is 1. The van der Waals surface area contributed by atoms with E-state index in [-0.39, 0.29) is 13.1 Å². The van der Waals surface area contributed by atoms with Crippen molar-refractivity contribution in [2.45, 2.75) is 12.3 Å². The van der Waals surface area contributed by atoms with E-state index in [0.717, 1.165) is 0 Å². The number of aliphatic hydroxyl groups is 1. The number of aliphatic hydroxyl groups excluding tert-OH is 1. The molecule has 2 unspecified atom stereocenters. The van der Waals surface area contributed by atoms with Crippen molar-refractivity contribution in [2.24, 2.45) is 5.92 Å². The monoisotopic (exact) mass is 181 g/mol. The summed E-state index contributed by atoms with van der Waals surface area (Å²) in [6.45, 7) is 3.29. The minimum absolute atomic E-state index is 0.152. The molecule has 0 bridgehead atoms. The molecule has 2 atom stereocenters. The van der Waals surface area contributed by atoms with Gasteiger partial charge in [-0.15, -0.1) is 0 Å². The number of halogens is 3. The molecule has 0 radical (unpaired) electrons. The van der Waals surface area contributed by atoms with Crippen LogP contribution in [0.5, 0.6) is 0 Å². The van der Waals surface area contributed by atoms with Gasteiger partial charge in [0.2, 0.25) is 0 Å². The summed E-state index contributed by atoms with van der Waals surface area (Å²) in [5.41, 5.74) is -0.847. The van der Waals surface area contributed by atoms with Gasteiger partial charge in [-0.2, -0.15) is 13.2 Å². The molecule has 0 spiro atoms. The molecule has 0 saturated carbocycles. The number of rotatable bonds is 1. The molecule has 2 N–H and O–H groups in total. The van der Waals surface area contributed by atoms with Crippen LogP contribution in [0.3, 0.4) is 0 Å². The maximum Gasteiger partial charge on any atom is 0.412 e. The lowest BCUT2D eigenvalue weighted by Crippen LogP contribution is -2.27. The van der Waals surface area contributed by atoms with Crippen molar-refractivity contribution in [3.8, 4) is 0 Å². The van der Waals surface area contributed by atoms with Crippen LogP contribution in [0.4, 0.5) is 13.2 Å². The van der Waals surface area contributed by atoms with E-state index in [4.69, 9.17) is 5.11 Å². The first kappa shape index (κ1) is 9.54. The predicted octanol–water partition coefficient (Wildman–Crippen LogP) is 0.685. The third-order valence-electron chi connectivity index (χ3n) is 1.99.